The third-order valence-corrected chi connectivity index (χ3v) is 3.15. The Labute approximate surface area is 130 Å². The van der Waals surface area contributed by atoms with E-state index < -0.39 is 27.1 Å². The summed E-state index contributed by atoms with van der Waals surface area (Å²) in [4.78, 5) is 36.8. The van der Waals surface area contributed by atoms with Crippen molar-refractivity contribution in [3.8, 4) is 0 Å². The number of rotatable bonds is 4. The van der Waals surface area contributed by atoms with Gasteiger partial charge in [-0.2, -0.15) is 0 Å². The average Bonchev–Trinajstić information content (AvgIpc) is 2.46. The van der Waals surface area contributed by atoms with Crippen LogP contribution in [0.4, 0.5) is 17.2 Å². The first kappa shape index (κ1) is 16.0. The molecule has 0 saturated carbocycles. The van der Waals surface area contributed by atoms with Gasteiger partial charge in [0.1, 0.15) is 5.82 Å². The van der Waals surface area contributed by atoms with E-state index in [1.807, 2.05) is 0 Å². The van der Waals surface area contributed by atoms with E-state index in [-0.39, 0.29) is 16.9 Å². The summed E-state index contributed by atoms with van der Waals surface area (Å²) in [6.45, 7) is 3.10. The summed E-state index contributed by atoms with van der Waals surface area (Å²) in [5.41, 5.74) is -0.435. The molecule has 0 aliphatic carbocycles. The fourth-order valence-corrected chi connectivity index (χ4v) is 2.01. The summed E-state index contributed by atoms with van der Waals surface area (Å²) in [7, 11) is 0. The van der Waals surface area contributed by atoms with Crippen molar-refractivity contribution in [2.45, 2.75) is 13.8 Å². The van der Waals surface area contributed by atoms with Gasteiger partial charge in [0.15, 0.2) is 0 Å². The highest BCUT2D eigenvalue weighted by molar-refractivity contribution is 6.05. The first-order valence-electron chi connectivity index (χ1n) is 6.48. The van der Waals surface area contributed by atoms with Crippen LogP contribution in [0.1, 0.15) is 21.6 Å². The number of nitrogens with zero attached hydrogens (tertiary/aromatic N) is 3. The fraction of sp³-hybridized carbons (Fsp3) is 0.143. The van der Waals surface area contributed by atoms with E-state index in [0.717, 1.165) is 12.1 Å². The second-order valence-corrected chi connectivity index (χ2v) is 4.77. The Bertz CT molecular complexity index is 819. The molecule has 2 aromatic rings. The quantitative estimate of drug-likeness (QED) is 0.682. The molecule has 0 bridgehead atoms. The van der Waals surface area contributed by atoms with Crippen molar-refractivity contribution in [2.75, 3.05) is 5.32 Å². The molecule has 1 aromatic heterocycles. The number of amides is 1. The van der Waals surface area contributed by atoms with Crippen LogP contribution >= 0.6 is 0 Å². The van der Waals surface area contributed by atoms with Crippen molar-refractivity contribution >= 4 is 23.1 Å². The van der Waals surface area contributed by atoms with Crippen molar-refractivity contribution in [1.82, 2.24) is 4.98 Å². The van der Waals surface area contributed by atoms with E-state index in [4.69, 9.17) is 0 Å². The van der Waals surface area contributed by atoms with Crippen LogP contribution < -0.4 is 5.32 Å². The van der Waals surface area contributed by atoms with Gasteiger partial charge in [-0.3, -0.25) is 25.0 Å². The van der Waals surface area contributed by atoms with Crippen LogP contribution in [-0.2, 0) is 0 Å². The molecule has 1 aromatic carbocycles. The maximum Gasteiger partial charge on any atom is 0.279 e. The van der Waals surface area contributed by atoms with E-state index in [1.54, 1.807) is 25.1 Å². The normalized spacial score (nSPS) is 10.2. The number of aryl methyl sites for hydroxylation is 1. The molecule has 23 heavy (non-hydrogen) atoms. The lowest BCUT2D eigenvalue weighted by atomic mass is 10.0. The first-order valence-corrected chi connectivity index (χ1v) is 6.48. The predicted molar refractivity (Wildman–Crippen MR) is 81.4 cm³/mol. The number of nitro benzene ring substituents is 2. The van der Waals surface area contributed by atoms with Crippen molar-refractivity contribution < 1.29 is 14.6 Å². The van der Waals surface area contributed by atoms with E-state index in [2.05, 4.69) is 10.3 Å². The van der Waals surface area contributed by atoms with E-state index in [9.17, 15) is 25.0 Å². The number of non-ortho nitro benzene ring substituents is 1. The minimum absolute atomic E-state index is 0.0470. The summed E-state index contributed by atoms with van der Waals surface area (Å²) in [5.74, 6) is -0.448. The number of hydrogen-bond donors (Lipinski definition) is 1. The van der Waals surface area contributed by atoms with Gasteiger partial charge in [0, 0.05) is 17.3 Å². The minimum Gasteiger partial charge on any atom is -0.307 e. The Morgan fingerprint density at radius 1 is 1.13 bits per heavy atom. The summed E-state index contributed by atoms with van der Waals surface area (Å²) in [6, 6.07) is 6.80. The van der Waals surface area contributed by atoms with Crippen LogP contribution in [0.5, 0.6) is 0 Å². The third-order valence-electron chi connectivity index (χ3n) is 3.15. The molecule has 0 unspecified atom stereocenters. The smallest absolute Gasteiger partial charge is 0.279 e. The second kappa shape index (κ2) is 6.18. The number of nitrogens with one attached hydrogen (secondary N) is 1. The Morgan fingerprint density at radius 3 is 2.39 bits per heavy atom. The highest BCUT2D eigenvalue weighted by Gasteiger charge is 2.24. The standard InChI is InChI=1S/C14H12N4O5/c1-8-4-3-5-13(15-8)16-14(19)11-6-10(17(20)21)7-12(9(11)2)18(22)23/h3-7H,1-2H3,(H,15,16,19). The lowest BCUT2D eigenvalue weighted by Gasteiger charge is -2.08. The second-order valence-electron chi connectivity index (χ2n) is 4.77. The molecule has 0 spiro atoms. The van der Waals surface area contributed by atoms with Gasteiger partial charge in [0.25, 0.3) is 17.3 Å². The zero-order chi connectivity index (χ0) is 17.1. The predicted octanol–water partition coefficient (Wildman–Crippen LogP) is 2.77. The molecule has 0 aliphatic heterocycles. The monoisotopic (exact) mass is 316 g/mol. The van der Waals surface area contributed by atoms with Gasteiger partial charge >= 0.3 is 0 Å². The SMILES string of the molecule is Cc1cccc(NC(=O)c2cc([N+](=O)[O-])cc([N+](=O)[O-])c2C)n1. The third kappa shape index (κ3) is 3.46. The molecule has 0 radical (unpaired) electrons. The van der Waals surface area contributed by atoms with Gasteiger partial charge in [-0.25, -0.2) is 4.98 Å². The number of carbonyl (C=O) groups is 1. The number of nitro groups is 2. The Morgan fingerprint density at radius 2 is 1.83 bits per heavy atom. The van der Waals surface area contributed by atoms with Crippen molar-refractivity contribution in [3.05, 3.63) is 67.4 Å². The largest absolute Gasteiger partial charge is 0.307 e. The van der Waals surface area contributed by atoms with Crippen LogP contribution in [0.15, 0.2) is 30.3 Å². The van der Waals surface area contributed by atoms with E-state index in [0.29, 0.717) is 5.69 Å². The van der Waals surface area contributed by atoms with Crippen molar-refractivity contribution in [3.63, 3.8) is 0 Å². The summed E-state index contributed by atoms with van der Waals surface area (Å²) in [6.07, 6.45) is 0. The van der Waals surface area contributed by atoms with Gasteiger partial charge in [-0.1, -0.05) is 6.07 Å². The average molecular weight is 316 g/mol. The molecule has 2 rings (SSSR count). The van der Waals surface area contributed by atoms with Crippen molar-refractivity contribution in [1.29, 1.82) is 0 Å². The van der Waals surface area contributed by atoms with Gasteiger partial charge in [-0.05, 0) is 26.0 Å². The summed E-state index contributed by atoms with van der Waals surface area (Å²) < 4.78 is 0. The Balaban J connectivity index is 2.46. The zero-order valence-corrected chi connectivity index (χ0v) is 12.3. The molecule has 1 amide bonds. The lowest BCUT2D eigenvalue weighted by molar-refractivity contribution is -0.394. The Hall–Kier alpha value is -3.36. The van der Waals surface area contributed by atoms with Crippen LogP contribution in [0.2, 0.25) is 0 Å². The van der Waals surface area contributed by atoms with Gasteiger partial charge in [-0.15, -0.1) is 0 Å². The molecular weight excluding hydrogens is 304 g/mol. The molecule has 1 heterocycles. The molecule has 0 fully saturated rings. The molecular formula is C14H12N4O5. The molecule has 1 N–H and O–H groups in total. The zero-order valence-electron chi connectivity index (χ0n) is 12.3. The summed E-state index contributed by atoms with van der Waals surface area (Å²) >= 11 is 0. The van der Waals surface area contributed by atoms with Gasteiger partial charge < -0.3 is 5.32 Å². The maximum atomic E-state index is 12.3. The first-order chi connectivity index (χ1) is 10.8. The topological polar surface area (TPSA) is 128 Å². The molecule has 0 aliphatic rings. The number of carbonyl (C=O) groups excluding carboxylic acids is 1. The summed E-state index contributed by atoms with van der Waals surface area (Å²) in [5, 5.41) is 24.4. The van der Waals surface area contributed by atoms with E-state index >= 15 is 0 Å². The van der Waals surface area contributed by atoms with Crippen LogP contribution in [-0.4, -0.2) is 20.7 Å². The number of pyridine rings is 1. The number of aromatic nitrogens is 1. The highest BCUT2D eigenvalue weighted by atomic mass is 16.6. The number of benzene rings is 1. The highest BCUT2D eigenvalue weighted by Crippen LogP contribution is 2.28. The van der Waals surface area contributed by atoms with E-state index in [1.165, 1.54) is 6.92 Å². The van der Waals surface area contributed by atoms with Crippen molar-refractivity contribution in [2.24, 2.45) is 0 Å². The Kier molecular flexibility index (Phi) is 4.30. The molecule has 118 valence electrons. The molecule has 9 nitrogen and oxygen atoms in total. The van der Waals surface area contributed by atoms with Crippen LogP contribution in [0.3, 0.4) is 0 Å². The van der Waals surface area contributed by atoms with Gasteiger partial charge in [0.05, 0.1) is 21.5 Å². The maximum absolute atomic E-state index is 12.3. The van der Waals surface area contributed by atoms with Gasteiger partial charge in [0.2, 0.25) is 0 Å². The number of anilines is 1. The van der Waals surface area contributed by atoms with Crippen LogP contribution in [0, 0.1) is 34.1 Å². The van der Waals surface area contributed by atoms with Crippen LogP contribution in [0.25, 0.3) is 0 Å². The minimum atomic E-state index is -0.784. The fourth-order valence-electron chi connectivity index (χ4n) is 2.01. The lowest BCUT2D eigenvalue weighted by Crippen LogP contribution is -2.15. The molecule has 9 heteroatoms. The molecule has 0 atom stereocenters. The number of hydrogen-bond acceptors (Lipinski definition) is 6. The molecule has 0 saturated heterocycles.